The number of hydrogen-bond donors (Lipinski definition) is 0. The maximum Gasteiger partial charge on any atom is 0.0913 e. The molecule has 4 rings (SSSR count). The highest BCUT2D eigenvalue weighted by molar-refractivity contribution is 9.10. The maximum absolute atomic E-state index is 5.08. The van der Waals surface area contributed by atoms with Crippen LogP contribution in [0.25, 0.3) is 10.9 Å². The van der Waals surface area contributed by atoms with Gasteiger partial charge in [-0.05, 0) is 43.7 Å². The summed E-state index contributed by atoms with van der Waals surface area (Å²) >= 11 is 3.61. The monoisotopic (exact) mass is 378 g/mol. The van der Waals surface area contributed by atoms with Crippen LogP contribution in [0, 0.1) is 0 Å². The van der Waals surface area contributed by atoms with Crippen LogP contribution in [0.2, 0.25) is 0 Å². The van der Waals surface area contributed by atoms with Gasteiger partial charge in [0.25, 0.3) is 0 Å². The molecule has 1 unspecified atom stereocenters. The minimum absolute atomic E-state index is 0.156. The molecule has 1 aromatic heterocycles. The molecule has 0 amide bonds. The number of fused-ring (bicyclic) bond motifs is 2. The maximum atomic E-state index is 5.08. The third-order valence-electron chi connectivity index (χ3n) is 5.04. The van der Waals surface area contributed by atoms with Gasteiger partial charge < -0.3 is 0 Å². The van der Waals surface area contributed by atoms with Gasteiger partial charge in [-0.1, -0.05) is 53.2 Å². The molecule has 0 saturated carbocycles. The molecule has 0 spiro atoms. The van der Waals surface area contributed by atoms with Gasteiger partial charge in [0.15, 0.2) is 0 Å². The van der Waals surface area contributed by atoms with E-state index in [-0.39, 0.29) is 5.54 Å². The van der Waals surface area contributed by atoms with Gasteiger partial charge in [-0.3, -0.25) is 4.99 Å². The van der Waals surface area contributed by atoms with Gasteiger partial charge in [-0.2, -0.15) is 0 Å². The fourth-order valence-electron chi connectivity index (χ4n) is 3.33. The van der Waals surface area contributed by atoms with Crippen molar-refractivity contribution in [1.29, 1.82) is 0 Å². The van der Waals surface area contributed by atoms with Crippen LogP contribution in [0.1, 0.15) is 43.5 Å². The molecule has 0 bridgehead atoms. The molecule has 24 heavy (non-hydrogen) atoms. The van der Waals surface area contributed by atoms with E-state index < -0.39 is 0 Å². The van der Waals surface area contributed by atoms with E-state index in [4.69, 9.17) is 9.98 Å². The number of para-hydroxylation sites is 1. The minimum atomic E-state index is -0.156. The van der Waals surface area contributed by atoms with E-state index in [0.717, 1.165) is 26.8 Å². The van der Waals surface area contributed by atoms with E-state index >= 15 is 0 Å². The predicted octanol–water partition coefficient (Wildman–Crippen LogP) is 5.73. The lowest BCUT2D eigenvalue weighted by molar-refractivity contribution is 0.432. The van der Waals surface area contributed by atoms with Crippen molar-refractivity contribution < 1.29 is 0 Å². The topological polar surface area (TPSA) is 25.2 Å². The van der Waals surface area contributed by atoms with Gasteiger partial charge >= 0.3 is 0 Å². The molecular formula is C21H19BrN2. The average molecular weight is 379 g/mol. The Balaban J connectivity index is 1.95. The summed E-state index contributed by atoms with van der Waals surface area (Å²) in [7, 11) is 0. The van der Waals surface area contributed by atoms with Crippen LogP contribution in [0.15, 0.2) is 64.1 Å². The molecule has 2 heterocycles. The number of rotatable bonds is 1. The number of nitrogens with zero attached hydrogens (tertiary/aromatic N) is 2. The number of pyridine rings is 1. The Morgan fingerprint density at radius 1 is 1.00 bits per heavy atom. The lowest BCUT2D eigenvalue weighted by atomic mass is 9.77. The lowest BCUT2D eigenvalue weighted by Gasteiger charge is -2.35. The van der Waals surface area contributed by atoms with Crippen molar-refractivity contribution in [3.8, 4) is 0 Å². The molecule has 120 valence electrons. The van der Waals surface area contributed by atoms with E-state index in [9.17, 15) is 0 Å². The Hall–Kier alpha value is -2.00. The highest BCUT2D eigenvalue weighted by Crippen LogP contribution is 2.39. The van der Waals surface area contributed by atoms with Crippen molar-refractivity contribution in [3.63, 3.8) is 0 Å². The fourth-order valence-corrected chi connectivity index (χ4v) is 3.71. The first-order valence-electron chi connectivity index (χ1n) is 8.21. The van der Waals surface area contributed by atoms with Crippen LogP contribution in [0.4, 0.5) is 0 Å². The van der Waals surface area contributed by atoms with Crippen LogP contribution >= 0.6 is 15.9 Å². The van der Waals surface area contributed by atoms with E-state index in [1.165, 1.54) is 11.1 Å². The first-order chi connectivity index (χ1) is 11.5. The first-order valence-corrected chi connectivity index (χ1v) is 9.01. The van der Waals surface area contributed by atoms with Crippen LogP contribution in [0.5, 0.6) is 0 Å². The second-order valence-corrected chi connectivity index (χ2v) is 7.87. The first kappa shape index (κ1) is 15.5. The number of aliphatic imine (C=N–C) groups is 1. The smallest absolute Gasteiger partial charge is 0.0913 e. The summed E-state index contributed by atoms with van der Waals surface area (Å²) in [6.45, 7) is 6.64. The molecule has 0 radical (unpaired) electrons. The van der Waals surface area contributed by atoms with Crippen LogP contribution in [-0.2, 0) is 0 Å². The number of benzene rings is 2. The molecule has 3 heteroatoms. The van der Waals surface area contributed by atoms with Gasteiger partial charge in [0.05, 0.1) is 22.5 Å². The van der Waals surface area contributed by atoms with Gasteiger partial charge in [0.2, 0.25) is 0 Å². The Labute approximate surface area is 150 Å². The molecule has 1 atom stereocenters. The van der Waals surface area contributed by atoms with Crippen LogP contribution < -0.4 is 0 Å². The average Bonchev–Trinajstić information content (AvgIpc) is 2.58. The van der Waals surface area contributed by atoms with Crippen molar-refractivity contribution >= 4 is 32.5 Å². The molecule has 1 aliphatic heterocycles. The summed E-state index contributed by atoms with van der Waals surface area (Å²) in [6, 6.07) is 18.9. The molecule has 2 nitrogen and oxygen atoms in total. The summed E-state index contributed by atoms with van der Waals surface area (Å²) in [5.41, 5.74) is 5.30. The molecule has 1 aliphatic rings. The largest absolute Gasteiger partial charge is 0.276 e. The van der Waals surface area contributed by atoms with Crippen molar-refractivity contribution in [2.45, 2.75) is 32.2 Å². The lowest BCUT2D eigenvalue weighted by Crippen LogP contribution is -2.33. The van der Waals surface area contributed by atoms with Gasteiger partial charge in [0, 0.05) is 21.3 Å². The molecule has 0 N–H and O–H groups in total. The van der Waals surface area contributed by atoms with Gasteiger partial charge in [-0.15, -0.1) is 0 Å². The number of hydrogen-bond acceptors (Lipinski definition) is 2. The second-order valence-electron chi connectivity index (χ2n) is 6.96. The summed E-state index contributed by atoms with van der Waals surface area (Å²) in [6.07, 6.45) is 0. The van der Waals surface area contributed by atoms with E-state index in [0.29, 0.717) is 5.92 Å². The Kier molecular flexibility index (Phi) is 3.57. The zero-order valence-corrected chi connectivity index (χ0v) is 15.6. The fraction of sp³-hybridized carbons (Fsp3) is 0.238. The molecule has 0 saturated heterocycles. The van der Waals surface area contributed by atoms with E-state index in [1.54, 1.807) is 0 Å². The standard InChI is InChI=1S/C21H19BrN2/c1-13-17-12-15(22)9-10-16(17)20(24-21(13,2)3)19-11-8-14-6-4-5-7-18(14)23-19/h4-13H,1-3H3. The van der Waals surface area contributed by atoms with Crippen LogP contribution in [-0.4, -0.2) is 16.2 Å². The third-order valence-corrected chi connectivity index (χ3v) is 5.53. The summed E-state index contributed by atoms with van der Waals surface area (Å²) in [5, 5.41) is 1.15. The summed E-state index contributed by atoms with van der Waals surface area (Å²) in [5.74, 6) is 0.356. The minimum Gasteiger partial charge on any atom is -0.276 e. The van der Waals surface area contributed by atoms with Crippen molar-refractivity contribution in [2.75, 3.05) is 0 Å². The second kappa shape index (κ2) is 5.52. The van der Waals surface area contributed by atoms with Gasteiger partial charge in [0.1, 0.15) is 0 Å². The molecule has 0 aliphatic carbocycles. The molecule has 2 aromatic carbocycles. The van der Waals surface area contributed by atoms with Crippen molar-refractivity contribution in [1.82, 2.24) is 4.98 Å². The highest BCUT2D eigenvalue weighted by atomic mass is 79.9. The predicted molar refractivity (Wildman–Crippen MR) is 104 cm³/mol. The van der Waals surface area contributed by atoms with E-state index in [2.05, 4.69) is 79.2 Å². The quantitative estimate of drug-likeness (QED) is 0.530. The summed E-state index contributed by atoms with van der Waals surface area (Å²) < 4.78 is 1.11. The third kappa shape index (κ3) is 2.48. The number of halogens is 1. The molecule has 3 aromatic rings. The van der Waals surface area contributed by atoms with Crippen LogP contribution in [0.3, 0.4) is 0 Å². The zero-order chi connectivity index (χ0) is 16.9. The zero-order valence-electron chi connectivity index (χ0n) is 14.0. The van der Waals surface area contributed by atoms with E-state index in [1.807, 2.05) is 12.1 Å². The Morgan fingerprint density at radius 2 is 1.79 bits per heavy atom. The Morgan fingerprint density at radius 3 is 2.62 bits per heavy atom. The highest BCUT2D eigenvalue weighted by Gasteiger charge is 2.34. The van der Waals surface area contributed by atoms with Crippen molar-refractivity contribution in [3.05, 3.63) is 75.9 Å². The molecular weight excluding hydrogens is 360 g/mol. The van der Waals surface area contributed by atoms with Gasteiger partial charge in [-0.25, -0.2) is 4.98 Å². The SMILES string of the molecule is CC1c2cc(Br)ccc2C(c2ccc3ccccc3n2)=NC1(C)C. The summed E-state index contributed by atoms with van der Waals surface area (Å²) in [4.78, 5) is 9.95. The Bertz CT molecular complexity index is 972. The normalized spacial score (nSPS) is 19.0. The molecule has 0 fully saturated rings. The number of aromatic nitrogens is 1. The van der Waals surface area contributed by atoms with Crippen molar-refractivity contribution in [2.24, 2.45) is 4.99 Å².